The number of aromatic amines is 1. The smallest absolute Gasteiger partial charge is 0.257 e. The van der Waals surface area contributed by atoms with Gasteiger partial charge in [-0.3, -0.25) is 9.59 Å². The van der Waals surface area contributed by atoms with Gasteiger partial charge in [0, 0.05) is 48.6 Å². The number of allylic oxidation sites excluding steroid dienone is 2. The highest BCUT2D eigenvalue weighted by molar-refractivity contribution is 7.99. The van der Waals surface area contributed by atoms with Gasteiger partial charge in [0.1, 0.15) is 5.82 Å². The van der Waals surface area contributed by atoms with Crippen LogP contribution in [0.2, 0.25) is 0 Å². The lowest BCUT2D eigenvalue weighted by atomic mass is 9.76. The maximum Gasteiger partial charge on any atom is 0.257 e. The third kappa shape index (κ3) is 3.78. The number of carbonyl (C=O) groups is 1. The molecule has 7 heteroatoms. The summed E-state index contributed by atoms with van der Waals surface area (Å²) in [5.41, 5.74) is 4.02. The molecule has 0 saturated carbocycles. The third-order valence-electron chi connectivity index (χ3n) is 5.87. The molecular formula is C23H28N4O2S. The molecule has 158 valence electrons. The zero-order valence-corrected chi connectivity index (χ0v) is 18.7. The van der Waals surface area contributed by atoms with E-state index in [0.29, 0.717) is 28.2 Å². The molecule has 0 radical (unpaired) electrons. The number of rotatable bonds is 5. The Kier molecular flexibility index (Phi) is 5.73. The molecule has 30 heavy (non-hydrogen) atoms. The van der Waals surface area contributed by atoms with E-state index >= 15 is 0 Å². The standard InChI is InChI=1S/C23H28N4O2S/c1-5-13(2)30-23-25-21-20(22(29)26-23)18(14-9-11-15(12-10-14)27(3)4)19-16(24-21)7-6-8-17(19)28/h9-13,18H,5-8H2,1-4H3,(H2,24,25,26,29)/t13-,18+/m1/s1. The molecule has 2 heterocycles. The van der Waals surface area contributed by atoms with Crippen molar-refractivity contribution in [3.8, 4) is 0 Å². The molecule has 1 aromatic carbocycles. The average Bonchev–Trinajstić information content (AvgIpc) is 2.72. The maximum absolute atomic E-state index is 13.2. The molecule has 2 atom stereocenters. The van der Waals surface area contributed by atoms with Crippen LogP contribution in [0.1, 0.15) is 56.6 Å². The van der Waals surface area contributed by atoms with E-state index in [2.05, 4.69) is 24.1 Å². The number of ketones is 1. The van der Waals surface area contributed by atoms with E-state index in [0.717, 1.165) is 41.8 Å². The van der Waals surface area contributed by atoms with Crippen molar-refractivity contribution in [2.24, 2.45) is 0 Å². The quantitative estimate of drug-likeness (QED) is 0.551. The summed E-state index contributed by atoms with van der Waals surface area (Å²) in [7, 11) is 3.98. The van der Waals surface area contributed by atoms with Crippen LogP contribution in [0.3, 0.4) is 0 Å². The van der Waals surface area contributed by atoms with E-state index in [-0.39, 0.29) is 17.3 Å². The number of anilines is 2. The second-order valence-corrected chi connectivity index (χ2v) is 9.61. The van der Waals surface area contributed by atoms with Gasteiger partial charge in [-0.05, 0) is 37.0 Å². The molecule has 2 aliphatic rings. The van der Waals surface area contributed by atoms with Crippen LogP contribution in [-0.4, -0.2) is 35.1 Å². The van der Waals surface area contributed by atoms with Crippen molar-refractivity contribution in [2.45, 2.75) is 55.9 Å². The number of hydrogen-bond donors (Lipinski definition) is 2. The van der Waals surface area contributed by atoms with Crippen LogP contribution < -0.4 is 15.8 Å². The monoisotopic (exact) mass is 424 g/mol. The fourth-order valence-electron chi connectivity index (χ4n) is 4.07. The van der Waals surface area contributed by atoms with Crippen molar-refractivity contribution in [3.63, 3.8) is 0 Å². The first-order chi connectivity index (χ1) is 14.4. The van der Waals surface area contributed by atoms with Crippen molar-refractivity contribution in [1.29, 1.82) is 0 Å². The minimum Gasteiger partial charge on any atom is -0.378 e. The summed E-state index contributed by atoms with van der Waals surface area (Å²) in [6.45, 7) is 4.23. The molecule has 0 unspecified atom stereocenters. The van der Waals surface area contributed by atoms with Gasteiger partial charge in [0.25, 0.3) is 5.56 Å². The number of benzene rings is 1. The van der Waals surface area contributed by atoms with Gasteiger partial charge in [-0.2, -0.15) is 0 Å². The molecule has 0 spiro atoms. The lowest BCUT2D eigenvalue weighted by Gasteiger charge is -2.33. The van der Waals surface area contributed by atoms with Gasteiger partial charge in [-0.15, -0.1) is 0 Å². The van der Waals surface area contributed by atoms with Gasteiger partial charge < -0.3 is 15.2 Å². The number of carbonyl (C=O) groups excluding carboxylic acids is 1. The second-order valence-electron chi connectivity index (χ2n) is 8.18. The van der Waals surface area contributed by atoms with Crippen LogP contribution in [0.4, 0.5) is 11.5 Å². The number of aromatic nitrogens is 2. The average molecular weight is 425 g/mol. The van der Waals surface area contributed by atoms with E-state index in [4.69, 9.17) is 4.98 Å². The predicted octanol–water partition coefficient (Wildman–Crippen LogP) is 4.29. The van der Waals surface area contributed by atoms with Crippen molar-refractivity contribution < 1.29 is 4.79 Å². The second kappa shape index (κ2) is 8.30. The highest BCUT2D eigenvalue weighted by Crippen LogP contribution is 2.43. The van der Waals surface area contributed by atoms with Crippen LogP contribution in [0.15, 0.2) is 45.5 Å². The lowest BCUT2D eigenvalue weighted by Crippen LogP contribution is -2.32. The van der Waals surface area contributed by atoms with Gasteiger partial charge in [0.05, 0.1) is 5.56 Å². The molecule has 2 aromatic rings. The zero-order chi connectivity index (χ0) is 21.4. The minimum absolute atomic E-state index is 0.119. The number of fused-ring (bicyclic) bond motifs is 1. The predicted molar refractivity (Wildman–Crippen MR) is 123 cm³/mol. The summed E-state index contributed by atoms with van der Waals surface area (Å²) in [6.07, 6.45) is 3.14. The van der Waals surface area contributed by atoms with Crippen LogP contribution in [0.25, 0.3) is 0 Å². The van der Waals surface area contributed by atoms with E-state index in [1.54, 1.807) is 11.8 Å². The largest absolute Gasteiger partial charge is 0.378 e. The van der Waals surface area contributed by atoms with E-state index in [9.17, 15) is 9.59 Å². The molecule has 1 aliphatic carbocycles. The fraction of sp³-hybridized carbons (Fsp3) is 0.435. The Morgan fingerprint density at radius 1 is 1.20 bits per heavy atom. The minimum atomic E-state index is -0.390. The third-order valence-corrected chi connectivity index (χ3v) is 7.02. The Labute approximate surface area is 181 Å². The van der Waals surface area contributed by atoms with Gasteiger partial charge in [-0.25, -0.2) is 4.98 Å². The molecular weight excluding hydrogens is 396 g/mol. The van der Waals surface area contributed by atoms with Crippen molar-refractivity contribution >= 4 is 29.1 Å². The molecule has 0 saturated heterocycles. The van der Waals surface area contributed by atoms with Gasteiger partial charge >= 0.3 is 0 Å². The van der Waals surface area contributed by atoms with E-state index < -0.39 is 0 Å². The highest BCUT2D eigenvalue weighted by atomic mass is 32.2. The Balaban J connectivity index is 1.85. The number of nitrogens with zero attached hydrogens (tertiary/aromatic N) is 2. The number of hydrogen-bond acceptors (Lipinski definition) is 6. The molecule has 0 bridgehead atoms. The summed E-state index contributed by atoms with van der Waals surface area (Å²) in [6, 6.07) is 8.09. The van der Waals surface area contributed by atoms with Crippen LogP contribution in [0, 0.1) is 0 Å². The van der Waals surface area contributed by atoms with Crippen LogP contribution in [-0.2, 0) is 4.79 Å². The normalized spacial score (nSPS) is 19.1. The molecule has 1 aliphatic heterocycles. The van der Waals surface area contributed by atoms with Crippen molar-refractivity contribution in [3.05, 3.63) is 57.0 Å². The number of nitrogens with one attached hydrogen (secondary N) is 2. The Morgan fingerprint density at radius 2 is 1.93 bits per heavy atom. The van der Waals surface area contributed by atoms with Crippen molar-refractivity contribution in [1.82, 2.24) is 9.97 Å². The maximum atomic E-state index is 13.2. The Hall–Kier alpha value is -2.54. The molecule has 6 nitrogen and oxygen atoms in total. The zero-order valence-electron chi connectivity index (χ0n) is 17.9. The summed E-state index contributed by atoms with van der Waals surface area (Å²) in [5.74, 6) is 0.312. The highest BCUT2D eigenvalue weighted by Gasteiger charge is 2.37. The fourth-order valence-corrected chi connectivity index (χ4v) is 4.91. The molecule has 1 aromatic heterocycles. The summed E-state index contributed by atoms with van der Waals surface area (Å²) >= 11 is 1.57. The summed E-state index contributed by atoms with van der Waals surface area (Å²) < 4.78 is 0. The Bertz CT molecular complexity index is 1060. The van der Waals surface area contributed by atoms with Gasteiger partial charge in [0.15, 0.2) is 10.9 Å². The summed E-state index contributed by atoms with van der Waals surface area (Å²) in [4.78, 5) is 35.8. The summed E-state index contributed by atoms with van der Waals surface area (Å²) in [5, 5.41) is 4.31. The molecule has 2 N–H and O–H groups in total. The first kappa shape index (κ1) is 20.7. The Morgan fingerprint density at radius 3 is 2.60 bits per heavy atom. The first-order valence-corrected chi connectivity index (χ1v) is 11.4. The number of Topliss-reactive ketones (excluding diaryl/α,β-unsaturated/α-hetero) is 1. The van der Waals surface area contributed by atoms with E-state index in [1.807, 2.05) is 43.3 Å². The SMILES string of the molecule is CC[C@@H](C)Sc1nc2c(c(=O)[nH]1)[C@@H](c1ccc(N(C)C)cc1)C1=C(CCCC1=O)N2. The van der Waals surface area contributed by atoms with Gasteiger partial charge in [0.2, 0.25) is 0 Å². The molecule has 0 amide bonds. The first-order valence-electron chi connectivity index (χ1n) is 10.5. The number of H-pyrrole nitrogens is 1. The topological polar surface area (TPSA) is 78.1 Å². The van der Waals surface area contributed by atoms with Gasteiger partial charge in [-0.1, -0.05) is 37.7 Å². The molecule has 0 fully saturated rings. The van der Waals surface area contributed by atoms with Crippen LogP contribution in [0.5, 0.6) is 0 Å². The van der Waals surface area contributed by atoms with E-state index in [1.165, 1.54) is 0 Å². The lowest BCUT2D eigenvalue weighted by molar-refractivity contribution is -0.116. The van der Waals surface area contributed by atoms with Crippen molar-refractivity contribution in [2.75, 3.05) is 24.3 Å². The van der Waals surface area contributed by atoms with Crippen LogP contribution >= 0.6 is 11.8 Å². The molecule has 4 rings (SSSR count). The number of thioether (sulfide) groups is 1.